The number of hydrogen-bond acceptors (Lipinski definition) is 3. The monoisotopic (exact) mass is 217 g/mol. The number of hydrogen-bond donors (Lipinski definition) is 2. The normalized spacial score (nSPS) is 10.3. The Morgan fingerprint density at radius 3 is 2.81 bits per heavy atom. The number of H-pyrrole nitrogens is 1. The third kappa shape index (κ3) is 2.34. The second-order valence-corrected chi connectivity index (χ2v) is 3.61. The van der Waals surface area contributed by atoms with Crippen molar-refractivity contribution in [1.29, 1.82) is 0 Å². The molecule has 0 radical (unpaired) electrons. The van der Waals surface area contributed by atoms with E-state index < -0.39 is 0 Å². The van der Waals surface area contributed by atoms with Gasteiger partial charge in [0, 0.05) is 5.69 Å². The first kappa shape index (κ1) is 10.5. The molecule has 0 unspecified atom stereocenters. The number of aromatic nitrogens is 2. The van der Waals surface area contributed by atoms with E-state index in [1.807, 2.05) is 18.2 Å². The smallest absolute Gasteiger partial charge is 0.197 e. The van der Waals surface area contributed by atoms with Gasteiger partial charge in [-0.25, -0.2) is 4.98 Å². The average molecular weight is 217 g/mol. The topological polar surface area (TPSA) is 63.9 Å². The first-order valence-corrected chi connectivity index (χ1v) is 5.21. The van der Waals surface area contributed by atoms with Crippen LogP contribution in [0.1, 0.15) is 11.3 Å². The van der Waals surface area contributed by atoms with Gasteiger partial charge in [-0.05, 0) is 24.5 Å². The zero-order valence-electron chi connectivity index (χ0n) is 9.23. The van der Waals surface area contributed by atoms with E-state index >= 15 is 0 Å². The number of anilines is 1. The van der Waals surface area contributed by atoms with Crippen LogP contribution in [-0.2, 0) is 12.8 Å². The van der Waals surface area contributed by atoms with E-state index in [0.717, 1.165) is 24.3 Å². The zero-order valence-corrected chi connectivity index (χ0v) is 9.23. The van der Waals surface area contributed by atoms with E-state index in [2.05, 4.69) is 16.0 Å². The Kier molecular flexibility index (Phi) is 3.10. The molecule has 16 heavy (non-hydrogen) atoms. The lowest BCUT2D eigenvalue weighted by Gasteiger charge is -2.06. The quantitative estimate of drug-likeness (QED) is 0.820. The number of nitrogens with two attached hydrogens (primary N) is 1. The number of nitrogens with zero attached hydrogens (tertiary/aromatic N) is 1. The standard InChI is InChI=1S/C12H15N3O/c1-16-11-5-3-2-4-9(11)6-7-10-8-14-12(13)15-10/h2-5,8H,6-7H2,1H3,(H3,13,14,15). The summed E-state index contributed by atoms with van der Waals surface area (Å²) in [5, 5.41) is 0. The molecule has 84 valence electrons. The molecular weight excluding hydrogens is 202 g/mol. The number of rotatable bonds is 4. The van der Waals surface area contributed by atoms with E-state index in [9.17, 15) is 0 Å². The molecular formula is C12H15N3O. The number of nitrogen functional groups attached to an aromatic ring is 1. The molecule has 4 heteroatoms. The van der Waals surface area contributed by atoms with Crippen molar-refractivity contribution in [3.8, 4) is 5.75 Å². The molecule has 0 spiro atoms. The van der Waals surface area contributed by atoms with Crippen molar-refractivity contribution in [3.05, 3.63) is 41.7 Å². The highest BCUT2D eigenvalue weighted by Crippen LogP contribution is 2.19. The molecule has 0 aliphatic rings. The fourth-order valence-corrected chi connectivity index (χ4v) is 1.68. The molecule has 2 aromatic rings. The van der Waals surface area contributed by atoms with Crippen molar-refractivity contribution in [1.82, 2.24) is 9.97 Å². The summed E-state index contributed by atoms with van der Waals surface area (Å²) in [5.41, 5.74) is 7.75. The predicted molar refractivity (Wildman–Crippen MR) is 63.4 cm³/mol. The van der Waals surface area contributed by atoms with Gasteiger partial charge in [0.15, 0.2) is 5.95 Å². The van der Waals surface area contributed by atoms with Crippen LogP contribution in [0.25, 0.3) is 0 Å². The molecule has 0 saturated heterocycles. The van der Waals surface area contributed by atoms with E-state index in [4.69, 9.17) is 10.5 Å². The van der Waals surface area contributed by atoms with Crippen LogP contribution in [0.4, 0.5) is 5.95 Å². The van der Waals surface area contributed by atoms with Crippen molar-refractivity contribution >= 4 is 5.95 Å². The highest BCUT2D eigenvalue weighted by Gasteiger charge is 2.03. The highest BCUT2D eigenvalue weighted by atomic mass is 16.5. The SMILES string of the molecule is COc1ccccc1CCc1cnc(N)[nH]1. The summed E-state index contributed by atoms with van der Waals surface area (Å²) in [6.45, 7) is 0. The van der Waals surface area contributed by atoms with Gasteiger partial charge >= 0.3 is 0 Å². The maximum Gasteiger partial charge on any atom is 0.197 e. The first-order valence-electron chi connectivity index (χ1n) is 5.21. The molecule has 0 aliphatic heterocycles. The number of benzene rings is 1. The zero-order chi connectivity index (χ0) is 11.4. The van der Waals surface area contributed by atoms with Gasteiger partial charge in [0.05, 0.1) is 13.3 Å². The summed E-state index contributed by atoms with van der Waals surface area (Å²) in [6, 6.07) is 8.02. The number of methoxy groups -OCH3 is 1. The molecule has 1 aromatic carbocycles. The fourth-order valence-electron chi connectivity index (χ4n) is 1.68. The van der Waals surface area contributed by atoms with Crippen LogP contribution >= 0.6 is 0 Å². The Bertz CT molecular complexity index is 465. The maximum atomic E-state index is 5.51. The first-order chi connectivity index (χ1) is 7.79. The Labute approximate surface area is 94.5 Å². The summed E-state index contributed by atoms with van der Waals surface area (Å²) in [7, 11) is 1.69. The summed E-state index contributed by atoms with van der Waals surface area (Å²) in [4.78, 5) is 6.97. The number of para-hydroxylation sites is 1. The Balaban J connectivity index is 2.04. The van der Waals surface area contributed by atoms with Gasteiger partial charge in [0.1, 0.15) is 5.75 Å². The van der Waals surface area contributed by atoms with Crippen LogP contribution in [0.15, 0.2) is 30.5 Å². The molecule has 1 aromatic heterocycles. The molecule has 0 aliphatic carbocycles. The maximum absolute atomic E-state index is 5.51. The molecule has 0 amide bonds. The van der Waals surface area contributed by atoms with Gasteiger partial charge in [-0.15, -0.1) is 0 Å². The largest absolute Gasteiger partial charge is 0.496 e. The summed E-state index contributed by atoms with van der Waals surface area (Å²) >= 11 is 0. The average Bonchev–Trinajstić information content (AvgIpc) is 2.73. The van der Waals surface area contributed by atoms with Crippen LogP contribution in [-0.4, -0.2) is 17.1 Å². The second-order valence-electron chi connectivity index (χ2n) is 3.61. The molecule has 2 rings (SSSR count). The van der Waals surface area contributed by atoms with Crippen LogP contribution in [0.3, 0.4) is 0 Å². The minimum absolute atomic E-state index is 0.468. The Hall–Kier alpha value is -1.97. The van der Waals surface area contributed by atoms with Crippen LogP contribution in [0.2, 0.25) is 0 Å². The Morgan fingerprint density at radius 1 is 1.31 bits per heavy atom. The Morgan fingerprint density at radius 2 is 2.12 bits per heavy atom. The van der Waals surface area contributed by atoms with Gasteiger partial charge in [0.25, 0.3) is 0 Å². The molecule has 3 N–H and O–H groups in total. The lowest BCUT2D eigenvalue weighted by Crippen LogP contribution is -1.95. The van der Waals surface area contributed by atoms with Crippen LogP contribution in [0, 0.1) is 0 Å². The molecule has 4 nitrogen and oxygen atoms in total. The number of ether oxygens (including phenoxy) is 1. The second kappa shape index (κ2) is 4.70. The fraction of sp³-hybridized carbons (Fsp3) is 0.250. The van der Waals surface area contributed by atoms with Crippen molar-refractivity contribution in [2.24, 2.45) is 0 Å². The summed E-state index contributed by atoms with van der Waals surface area (Å²) < 4.78 is 5.29. The molecule has 1 heterocycles. The van der Waals surface area contributed by atoms with Gasteiger partial charge in [-0.1, -0.05) is 18.2 Å². The minimum atomic E-state index is 0.468. The summed E-state index contributed by atoms with van der Waals surface area (Å²) in [5.74, 6) is 1.39. The number of nitrogens with one attached hydrogen (secondary N) is 1. The van der Waals surface area contributed by atoms with Crippen molar-refractivity contribution in [2.45, 2.75) is 12.8 Å². The van der Waals surface area contributed by atoms with Crippen molar-refractivity contribution in [3.63, 3.8) is 0 Å². The lowest BCUT2D eigenvalue weighted by molar-refractivity contribution is 0.409. The number of imidazole rings is 1. The number of aromatic amines is 1. The van der Waals surface area contributed by atoms with Gasteiger partial charge in [-0.2, -0.15) is 0 Å². The van der Waals surface area contributed by atoms with Crippen molar-refractivity contribution < 1.29 is 4.74 Å². The number of aryl methyl sites for hydroxylation is 2. The molecule has 0 bridgehead atoms. The van der Waals surface area contributed by atoms with E-state index in [1.165, 1.54) is 5.56 Å². The predicted octanol–water partition coefficient (Wildman–Crippen LogP) is 1.79. The minimum Gasteiger partial charge on any atom is -0.496 e. The van der Waals surface area contributed by atoms with E-state index in [-0.39, 0.29) is 0 Å². The van der Waals surface area contributed by atoms with E-state index in [0.29, 0.717) is 5.95 Å². The highest BCUT2D eigenvalue weighted by molar-refractivity contribution is 5.33. The van der Waals surface area contributed by atoms with Gasteiger partial charge in [-0.3, -0.25) is 0 Å². The summed E-state index contributed by atoms with van der Waals surface area (Å²) in [6.07, 6.45) is 3.56. The molecule has 0 saturated carbocycles. The van der Waals surface area contributed by atoms with Gasteiger partial charge in [0.2, 0.25) is 0 Å². The molecule has 0 atom stereocenters. The van der Waals surface area contributed by atoms with E-state index in [1.54, 1.807) is 13.3 Å². The van der Waals surface area contributed by atoms with Crippen molar-refractivity contribution in [2.75, 3.05) is 12.8 Å². The molecule has 0 fully saturated rings. The third-order valence-electron chi connectivity index (χ3n) is 2.50. The lowest BCUT2D eigenvalue weighted by atomic mass is 10.1. The van der Waals surface area contributed by atoms with Gasteiger partial charge < -0.3 is 15.5 Å². The van der Waals surface area contributed by atoms with Crippen LogP contribution in [0.5, 0.6) is 5.75 Å². The third-order valence-corrected chi connectivity index (χ3v) is 2.50. The van der Waals surface area contributed by atoms with Crippen LogP contribution < -0.4 is 10.5 Å².